The van der Waals surface area contributed by atoms with Crippen molar-refractivity contribution in [2.75, 3.05) is 33.4 Å². The van der Waals surface area contributed by atoms with E-state index in [9.17, 15) is 19.5 Å². The van der Waals surface area contributed by atoms with Crippen LogP contribution < -0.4 is 5.32 Å². The molecule has 2 aromatic carbocycles. The molecular weight excluding hydrogens is 448 g/mol. The summed E-state index contributed by atoms with van der Waals surface area (Å²) in [5, 5.41) is 12.3. The van der Waals surface area contributed by atoms with Gasteiger partial charge >= 0.3 is 12.1 Å². The first-order valence-electron chi connectivity index (χ1n) is 12.0. The first kappa shape index (κ1) is 24.7. The number of likely N-dealkylation sites (tertiary alicyclic amines) is 1. The molecule has 1 fully saturated rings. The Bertz CT molecular complexity index is 1050. The Labute approximate surface area is 205 Å². The topological polar surface area (TPSA) is 105 Å². The molecule has 1 heterocycles. The van der Waals surface area contributed by atoms with Gasteiger partial charge in [-0.2, -0.15) is 0 Å². The average Bonchev–Trinajstić information content (AvgIpc) is 3.17. The molecule has 0 unspecified atom stereocenters. The number of fused-ring (bicyclic) bond motifs is 3. The van der Waals surface area contributed by atoms with Gasteiger partial charge in [0.25, 0.3) is 0 Å². The Morgan fingerprint density at radius 2 is 1.63 bits per heavy atom. The molecule has 2 amide bonds. The van der Waals surface area contributed by atoms with E-state index in [2.05, 4.69) is 29.6 Å². The van der Waals surface area contributed by atoms with Gasteiger partial charge < -0.3 is 24.8 Å². The van der Waals surface area contributed by atoms with Crippen LogP contribution in [0.25, 0.3) is 11.1 Å². The van der Waals surface area contributed by atoms with Crippen LogP contribution in [-0.2, 0) is 19.1 Å². The van der Waals surface area contributed by atoms with Crippen LogP contribution in [0.3, 0.4) is 0 Å². The van der Waals surface area contributed by atoms with Crippen molar-refractivity contribution in [2.45, 2.75) is 38.1 Å². The fraction of sp³-hybridized carbons (Fsp3) is 0.444. The summed E-state index contributed by atoms with van der Waals surface area (Å²) in [7, 11) is 1.49. The number of hydrogen-bond donors (Lipinski definition) is 2. The molecule has 8 heteroatoms. The smallest absolute Gasteiger partial charge is 0.407 e. The summed E-state index contributed by atoms with van der Waals surface area (Å²) in [5.74, 6) is -1.04. The highest BCUT2D eigenvalue weighted by Crippen LogP contribution is 2.44. The van der Waals surface area contributed by atoms with Crippen LogP contribution in [0.4, 0.5) is 4.79 Å². The van der Waals surface area contributed by atoms with Crippen molar-refractivity contribution in [3.05, 3.63) is 59.7 Å². The minimum Gasteiger partial charge on any atom is -0.481 e. The number of nitrogens with one attached hydrogen (secondary N) is 1. The number of ether oxygens (including phenoxy) is 2. The second-order valence-corrected chi connectivity index (χ2v) is 9.47. The van der Waals surface area contributed by atoms with Crippen molar-refractivity contribution in [1.29, 1.82) is 0 Å². The summed E-state index contributed by atoms with van der Waals surface area (Å²) in [4.78, 5) is 38.6. The van der Waals surface area contributed by atoms with E-state index < -0.39 is 23.5 Å². The second kappa shape index (κ2) is 10.5. The third-order valence-corrected chi connectivity index (χ3v) is 7.14. The van der Waals surface area contributed by atoms with E-state index in [1.54, 1.807) is 11.8 Å². The summed E-state index contributed by atoms with van der Waals surface area (Å²) in [6.07, 6.45) is 0.247. The maximum atomic E-state index is 12.7. The molecule has 2 aromatic rings. The highest BCUT2D eigenvalue weighted by Gasteiger charge is 2.42. The van der Waals surface area contributed by atoms with Gasteiger partial charge in [-0.25, -0.2) is 4.79 Å². The molecule has 0 aromatic heterocycles. The van der Waals surface area contributed by atoms with Crippen molar-refractivity contribution in [3.63, 3.8) is 0 Å². The number of methoxy groups -OCH3 is 1. The molecule has 1 atom stereocenters. The molecule has 0 spiro atoms. The largest absolute Gasteiger partial charge is 0.481 e. The zero-order chi connectivity index (χ0) is 25.0. The van der Waals surface area contributed by atoms with Crippen LogP contribution in [0.15, 0.2) is 48.5 Å². The van der Waals surface area contributed by atoms with Crippen LogP contribution in [0, 0.1) is 5.41 Å². The number of aliphatic carboxylic acids is 1. The van der Waals surface area contributed by atoms with Crippen molar-refractivity contribution < 1.29 is 29.0 Å². The van der Waals surface area contributed by atoms with E-state index in [4.69, 9.17) is 9.47 Å². The Morgan fingerprint density at radius 3 is 2.17 bits per heavy atom. The second-order valence-electron chi connectivity index (χ2n) is 9.47. The number of hydrogen-bond acceptors (Lipinski definition) is 5. The van der Waals surface area contributed by atoms with E-state index in [1.165, 1.54) is 7.11 Å². The fourth-order valence-electron chi connectivity index (χ4n) is 5.16. The Morgan fingerprint density at radius 1 is 1.06 bits per heavy atom. The van der Waals surface area contributed by atoms with Gasteiger partial charge in [0.2, 0.25) is 5.91 Å². The van der Waals surface area contributed by atoms with E-state index in [0.29, 0.717) is 25.9 Å². The van der Waals surface area contributed by atoms with Crippen molar-refractivity contribution >= 4 is 18.0 Å². The zero-order valence-corrected chi connectivity index (χ0v) is 20.2. The zero-order valence-electron chi connectivity index (χ0n) is 20.2. The van der Waals surface area contributed by atoms with E-state index >= 15 is 0 Å². The number of alkyl carbamates (subject to hydrolysis) is 1. The molecule has 4 rings (SSSR count). The van der Waals surface area contributed by atoms with Crippen LogP contribution in [0.5, 0.6) is 0 Å². The number of carbonyl (C=O) groups excluding carboxylic acids is 2. The minimum absolute atomic E-state index is 0.0277. The molecule has 186 valence electrons. The maximum Gasteiger partial charge on any atom is 0.407 e. The SMILES string of the molecule is COCC1(C(=O)O)CCN(C(=O)C[C@@H](C)NC(=O)OCC2c3ccccc3-c3ccccc32)CC1. The number of rotatable bonds is 8. The Balaban J connectivity index is 1.27. The highest BCUT2D eigenvalue weighted by molar-refractivity contribution is 5.80. The van der Waals surface area contributed by atoms with Crippen molar-refractivity contribution in [1.82, 2.24) is 10.2 Å². The molecular formula is C27H32N2O6. The normalized spacial score (nSPS) is 17.3. The highest BCUT2D eigenvalue weighted by atomic mass is 16.5. The van der Waals surface area contributed by atoms with E-state index in [1.807, 2.05) is 24.3 Å². The summed E-state index contributed by atoms with van der Waals surface area (Å²) < 4.78 is 10.7. The van der Waals surface area contributed by atoms with Crippen molar-refractivity contribution in [2.24, 2.45) is 5.41 Å². The molecule has 1 saturated heterocycles. The van der Waals surface area contributed by atoms with Gasteiger partial charge in [-0.3, -0.25) is 9.59 Å². The van der Waals surface area contributed by atoms with E-state index in [-0.39, 0.29) is 31.5 Å². The molecule has 8 nitrogen and oxygen atoms in total. The Hall–Kier alpha value is -3.39. The predicted molar refractivity (Wildman–Crippen MR) is 130 cm³/mol. The quantitative estimate of drug-likeness (QED) is 0.598. The van der Waals surface area contributed by atoms with Gasteiger partial charge in [0.15, 0.2) is 0 Å². The number of carboxylic acids is 1. The summed E-state index contributed by atoms with van der Waals surface area (Å²) >= 11 is 0. The molecule has 2 aliphatic rings. The molecule has 35 heavy (non-hydrogen) atoms. The van der Waals surface area contributed by atoms with E-state index in [0.717, 1.165) is 22.3 Å². The van der Waals surface area contributed by atoms with Gasteiger partial charge in [-0.15, -0.1) is 0 Å². The lowest BCUT2D eigenvalue weighted by Crippen LogP contribution is -2.49. The lowest BCUT2D eigenvalue weighted by atomic mass is 9.79. The molecule has 1 aliphatic carbocycles. The molecule has 1 aliphatic heterocycles. The average molecular weight is 481 g/mol. The van der Waals surface area contributed by atoms with Gasteiger partial charge in [-0.1, -0.05) is 48.5 Å². The predicted octanol–water partition coefficient (Wildman–Crippen LogP) is 3.64. The van der Waals surface area contributed by atoms with Gasteiger partial charge in [0.1, 0.15) is 6.61 Å². The minimum atomic E-state index is -0.948. The number of nitrogens with zero attached hydrogens (tertiary/aromatic N) is 1. The van der Waals surface area contributed by atoms with Crippen LogP contribution in [0.1, 0.15) is 43.2 Å². The number of carboxylic acid groups (broad SMARTS) is 1. The summed E-state index contributed by atoms with van der Waals surface area (Å²) in [6.45, 7) is 2.81. The first-order chi connectivity index (χ1) is 16.8. The van der Waals surface area contributed by atoms with Crippen LogP contribution in [-0.4, -0.2) is 67.4 Å². The van der Waals surface area contributed by atoms with Crippen molar-refractivity contribution in [3.8, 4) is 11.1 Å². The van der Waals surface area contributed by atoms with Gasteiger partial charge in [-0.05, 0) is 42.0 Å². The third kappa shape index (κ3) is 5.17. The fourth-order valence-corrected chi connectivity index (χ4v) is 5.16. The monoisotopic (exact) mass is 480 g/mol. The number of benzene rings is 2. The number of amides is 2. The maximum absolute atomic E-state index is 12.7. The molecule has 2 N–H and O–H groups in total. The number of carbonyl (C=O) groups is 3. The Kier molecular flexibility index (Phi) is 7.40. The molecule has 0 radical (unpaired) electrons. The lowest BCUT2D eigenvalue weighted by Gasteiger charge is -2.38. The first-order valence-corrected chi connectivity index (χ1v) is 12.0. The van der Waals surface area contributed by atoms with Gasteiger partial charge in [0.05, 0.1) is 12.0 Å². The van der Waals surface area contributed by atoms with Gasteiger partial charge in [0, 0.05) is 38.6 Å². The van der Waals surface area contributed by atoms with Crippen LogP contribution in [0.2, 0.25) is 0 Å². The summed E-state index contributed by atoms with van der Waals surface area (Å²) in [6, 6.07) is 15.9. The molecule has 0 bridgehead atoms. The molecule has 0 saturated carbocycles. The summed E-state index contributed by atoms with van der Waals surface area (Å²) in [5.41, 5.74) is 3.66. The number of piperidine rings is 1. The lowest BCUT2D eigenvalue weighted by molar-refractivity contribution is -0.158. The third-order valence-electron chi connectivity index (χ3n) is 7.14. The standard InChI is InChI=1S/C27H32N2O6/c1-18(15-24(30)29-13-11-27(12-14-29,17-34-2)25(31)32)28-26(33)35-16-23-21-9-5-3-7-19(21)20-8-4-6-10-22(20)23/h3-10,18,23H,11-17H2,1-2H3,(H,28,33)(H,31,32)/t18-/m1/s1. The van der Waals surface area contributed by atoms with Crippen LogP contribution >= 0.6 is 0 Å².